The number of aryl methyl sites for hydroxylation is 2. The van der Waals surface area contributed by atoms with E-state index in [4.69, 9.17) is 0 Å². The van der Waals surface area contributed by atoms with Crippen molar-refractivity contribution in [2.24, 2.45) is 0 Å². The molecular weight excluding hydrogens is 274 g/mol. The normalized spacial score (nSPS) is 19.1. The van der Waals surface area contributed by atoms with Crippen molar-refractivity contribution in [3.8, 4) is 5.69 Å². The van der Waals surface area contributed by atoms with Crippen molar-refractivity contribution in [2.75, 3.05) is 26.2 Å². The fraction of sp³-hybridized carbons (Fsp3) is 0.529. The van der Waals surface area contributed by atoms with Crippen molar-refractivity contribution in [2.45, 2.75) is 32.2 Å². The molecule has 5 heteroatoms. The third-order valence-corrected chi connectivity index (χ3v) is 4.76. The van der Waals surface area contributed by atoms with E-state index in [2.05, 4.69) is 38.7 Å². The first-order valence-corrected chi connectivity index (χ1v) is 8.35. The lowest BCUT2D eigenvalue weighted by atomic mass is 10.1. The van der Waals surface area contributed by atoms with E-state index in [1.165, 1.54) is 42.5 Å². The van der Waals surface area contributed by atoms with Gasteiger partial charge in [-0.15, -0.1) is 5.10 Å². The van der Waals surface area contributed by atoms with Crippen LogP contribution in [0.2, 0.25) is 0 Å². The van der Waals surface area contributed by atoms with Gasteiger partial charge in [-0.2, -0.15) is 0 Å². The molecular formula is C17H23N5. The summed E-state index contributed by atoms with van der Waals surface area (Å²) in [5.74, 6) is 0. The first kappa shape index (κ1) is 13.9. The molecule has 2 aromatic rings. The molecule has 1 fully saturated rings. The molecule has 116 valence electrons. The minimum Gasteiger partial charge on any atom is -0.315 e. The number of hydrogen-bond acceptors (Lipinski definition) is 4. The maximum atomic E-state index is 4.33. The molecule has 0 atom stereocenters. The average Bonchev–Trinajstić information content (AvgIpc) is 3.11. The Hall–Kier alpha value is -1.72. The summed E-state index contributed by atoms with van der Waals surface area (Å²) in [4.78, 5) is 2.49. The van der Waals surface area contributed by atoms with E-state index < -0.39 is 0 Å². The zero-order valence-corrected chi connectivity index (χ0v) is 13.0. The maximum Gasteiger partial charge on any atom is 0.0786 e. The maximum absolute atomic E-state index is 4.33. The van der Waals surface area contributed by atoms with E-state index in [-0.39, 0.29) is 0 Å². The molecule has 0 radical (unpaired) electrons. The molecule has 1 aromatic carbocycles. The van der Waals surface area contributed by atoms with E-state index in [0.717, 1.165) is 38.4 Å². The first-order chi connectivity index (χ1) is 10.9. The molecule has 0 unspecified atom stereocenters. The second-order valence-corrected chi connectivity index (χ2v) is 6.32. The van der Waals surface area contributed by atoms with Gasteiger partial charge in [0.15, 0.2) is 0 Å². The van der Waals surface area contributed by atoms with Crippen LogP contribution in [-0.2, 0) is 19.4 Å². The average molecular weight is 297 g/mol. The summed E-state index contributed by atoms with van der Waals surface area (Å²) < 4.78 is 2.01. The summed E-state index contributed by atoms with van der Waals surface area (Å²) in [5.41, 5.74) is 5.32. The number of benzene rings is 1. The summed E-state index contributed by atoms with van der Waals surface area (Å²) >= 11 is 0. The van der Waals surface area contributed by atoms with E-state index >= 15 is 0 Å². The van der Waals surface area contributed by atoms with Gasteiger partial charge < -0.3 is 5.32 Å². The molecule has 1 saturated heterocycles. The lowest BCUT2D eigenvalue weighted by Crippen LogP contribution is -2.28. The van der Waals surface area contributed by atoms with Gasteiger partial charge in [0.05, 0.1) is 17.6 Å². The largest absolute Gasteiger partial charge is 0.315 e. The van der Waals surface area contributed by atoms with Crippen LogP contribution in [0.3, 0.4) is 0 Å². The number of aromatic nitrogens is 3. The molecule has 1 aromatic heterocycles. The van der Waals surface area contributed by atoms with E-state index in [1.54, 1.807) is 0 Å². The Morgan fingerprint density at radius 1 is 1.05 bits per heavy atom. The topological polar surface area (TPSA) is 46.0 Å². The van der Waals surface area contributed by atoms with E-state index in [1.807, 2.05) is 10.9 Å². The monoisotopic (exact) mass is 297 g/mol. The van der Waals surface area contributed by atoms with Gasteiger partial charge in [-0.3, -0.25) is 4.90 Å². The summed E-state index contributed by atoms with van der Waals surface area (Å²) in [6.07, 6.45) is 6.82. The van der Waals surface area contributed by atoms with Crippen LogP contribution in [0.25, 0.3) is 5.69 Å². The van der Waals surface area contributed by atoms with Gasteiger partial charge in [-0.25, -0.2) is 4.68 Å². The van der Waals surface area contributed by atoms with Crippen LogP contribution in [0.4, 0.5) is 0 Å². The SMILES string of the molecule is c1cc2c(cc1-n1nncc1CN1CCCNCC1)CCC2. The second kappa shape index (κ2) is 6.18. The molecule has 1 aliphatic heterocycles. The van der Waals surface area contributed by atoms with Gasteiger partial charge in [-0.05, 0) is 62.0 Å². The van der Waals surface area contributed by atoms with Gasteiger partial charge in [-0.1, -0.05) is 11.3 Å². The summed E-state index contributed by atoms with van der Waals surface area (Å²) in [7, 11) is 0. The van der Waals surface area contributed by atoms with Gasteiger partial charge in [0.2, 0.25) is 0 Å². The van der Waals surface area contributed by atoms with Crippen molar-refractivity contribution in [1.82, 2.24) is 25.2 Å². The third-order valence-electron chi connectivity index (χ3n) is 4.76. The van der Waals surface area contributed by atoms with Crippen molar-refractivity contribution in [3.63, 3.8) is 0 Å². The number of nitrogens with zero attached hydrogens (tertiary/aromatic N) is 4. The summed E-state index contributed by atoms with van der Waals surface area (Å²) in [6.45, 7) is 5.35. The van der Waals surface area contributed by atoms with Crippen LogP contribution in [0.15, 0.2) is 24.4 Å². The Morgan fingerprint density at radius 2 is 2.00 bits per heavy atom. The van der Waals surface area contributed by atoms with Crippen LogP contribution in [0.1, 0.15) is 29.7 Å². The Labute approximate surface area is 131 Å². The fourth-order valence-corrected chi connectivity index (χ4v) is 3.56. The molecule has 0 saturated carbocycles. The lowest BCUT2D eigenvalue weighted by molar-refractivity contribution is 0.278. The molecule has 22 heavy (non-hydrogen) atoms. The molecule has 2 heterocycles. The predicted molar refractivity (Wildman–Crippen MR) is 86.1 cm³/mol. The summed E-state index contributed by atoms with van der Waals surface area (Å²) in [5, 5.41) is 11.9. The van der Waals surface area contributed by atoms with Crippen LogP contribution in [0, 0.1) is 0 Å². The minimum absolute atomic E-state index is 0.922. The van der Waals surface area contributed by atoms with Crippen molar-refractivity contribution < 1.29 is 0 Å². The van der Waals surface area contributed by atoms with Gasteiger partial charge in [0, 0.05) is 19.6 Å². The number of fused-ring (bicyclic) bond motifs is 1. The highest BCUT2D eigenvalue weighted by atomic mass is 15.4. The molecule has 1 aliphatic carbocycles. The Bertz CT molecular complexity index is 640. The summed E-state index contributed by atoms with van der Waals surface area (Å²) in [6, 6.07) is 6.75. The highest BCUT2D eigenvalue weighted by Crippen LogP contribution is 2.24. The van der Waals surface area contributed by atoms with Gasteiger partial charge >= 0.3 is 0 Å². The third kappa shape index (κ3) is 2.78. The predicted octanol–water partition coefficient (Wildman–Crippen LogP) is 1.55. The highest BCUT2D eigenvalue weighted by molar-refractivity contribution is 5.42. The molecule has 0 bridgehead atoms. The Balaban J connectivity index is 1.57. The smallest absolute Gasteiger partial charge is 0.0786 e. The van der Waals surface area contributed by atoms with Crippen LogP contribution >= 0.6 is 0 Å². The molecule has 5 nitrogen and oxygen atoms in total. The van der Waals surface area contributed by atoms with Gasteiger partial charge in [0.25, 0.3) is 0 Å². The Morgan fingerprint density at radius 3 is 3.00 bits per heavy atom. The number of nitrogens with one attached hydrogen (secondary N) is 1. The molecule has 0 amide bonds. The Kier molecular flexibility index (Phi) is 3.91. The van der Waals surface area contributed by atoms with Crippen LogP contribution in [-0.4, -0.2) is 46.1 Å². The van der Waals surface area contributed by atoms with E-state index in [0.29, 0.717) is 0 Å². The zero-order valence-electron chi connectivity index (χ0n) is 13.0. The molecule has 1 N–H and O–H groups in total. The van der Waals surface area contributed by atoms with Crippen molar-refractivity contribution in [3.05, 3.63) is 41.2 Å². The van der Waals surface area contributed by atoms with Gasteiger partial charge in [0.1, 0.15) is 0 Å². The quantitative estimate of drug-likeness (QED) is 0.934. The lowest BCUT2D eigenvalue weighted by Gasteiger charge is -2.19. The zero-order chi connectivity index (χ0) is 14.8. The van der Waals surface area contributed by atoms with Crippen LogP contribution in [0.5, 0.6) is 0 Å². The highest BCUT2D eigenvalue weighted by Gasteiger charge is 2.16. The number of hydrogen-bond donors (Lipinski definition) is 1. The van der Waals surface area contributed by atoms with Crippen molar-refractivity contribution >= 4 is 0 Å². The molecule has 2 aliphatic rings. The molecule has 0 spiro atoms. The first-order valence-electron chi connectivity index (χ1n) is 8.35. The second-order valence-electron chi connectivity index (χ2n) is 6.32. The standard InChI is InChI=1S/C17H23N5/c1-3-14-5-6-16(11-15(14)4-1)22-17(12-19-20-22)13-21-9-2-7-18-8-10-21/h5-6,11-12,18H,1-4,7-10,13H2. The minimum atomic E-state index is 0.922. The van der Waals surface area contributed by atoms with Crippen molar-refractivity contribution in [1.29, 1.82) is 0 Å². The fourth-order valence-electron chi connectivity index (χ4n) is 3.56. The van der Waals surface area contributed by atoms with Crippen LogP contribution < -0.4 is 5.32 Å². The molecule has 4 rings (SSSR count). The number of rotatable bonds is 3. The van der Waals surface area contributed by atoms with E-state index in [9.17, 15) is 0 Å².